The smallest absolute Gasteiger partial charge is 0.412 e. The second kappa shape index (κ2) is 6.44. The highest BCUT2D eigenvalue weighted by molar-refractivity contribution is 9.10. The van der Waals surface area contributed by atoms with Gasteiger partial charge in [-0.15, -0.1) is 0 Å². The Balaban J connectivity index is 2.89. The van der Waals surface area contributed by atoms with Gasteiger partial charge in [0, 0.05) is 21.6 Å². The van der Waals surface area contributed by atoms with Gasteiger partial charge >= 0.3 is 12.1 Å². The quantitative estimate of drug-likeness (QED) is 0.770. The zero-order valence-electron chi connectivity index (χ0n) is 11.3. The Labute approximate surface area is 125 Å². The number of carbonyl (C=O) groups is 2. The van der Waals surface area contributed by atoms with Crippen molar-refractivity contribution in [2.24, 2.45) is 0 Å². The molecule has 0 radical (unpaired) electrons. The molecule has 0 aliphatic rings. The maximum Gasteiger partial charge on any atom is 0.412 e. The lowest BCUT2D eigenvalue weighted by Crippen LogP contribution is -2.27. The number of carbonyl (C=O) groups excluding carboxylic acids is 1. The maximum absolute atomic E-state index is 11.6. The minimum absolute atomic E-state index is 0.459. The Morgan fingerprint density at radius 1 is 1.35 bits per heavy atom. The lowest BCUT2D eigenvalue weighted by molar-refractivity contribution is -0.130. The van der Waals surface area contributed by atoms with Crippen LogP contribution in [0.2, 0.25) is 0 Å². The van der Waals surface area contributed by atoms with Crippen LogP contribution < -0.4 is 5.32 Å². The summed E-state index contributed by atoms with van der Waals surface area (Å²) in [6.45, 7) is 5.29. The number of amides is 1. The molecule has 20 heavy (non-hydrogen) atoms. The molecule has 0 bridgehead atoms. The van der Waals surface area contributed by atoms with Crippen molar-refractivity contribution in [3.05, 3.63) is 28.2 Å². The molecule has 5 nitrogen and oxygen atoms in total. The number of hydrogen-bond donors (Lipinski definition) is 2. The lowest BCUT2D eigenvalue weighted by atomic mass is 10.2. The summed E-state index contributed by atoms with van der Waals surface area (Å²) in [5, 5.41) is 11.1. The van der Waals surface area contributed by atoms with Gasteiger partial charge in [0.1, 0.15) is 5.60 Å². The summed E-state index contributed by atoms with van der Waals surface area (Å²) in [6.07, 6.45) is -0.586. The Hall–Kier alpha value is -2.00. The van der Waals surface area contributed by atoms with Crippen LogP contribution in [0.1, 0.15) is 26.3 Å². The monoisotopic (exact) mass is 339 g/mol. The molecule has 0 spiro atoms. The van der Waals surface area contributed by atoms with Crippen LogP contribution in [-0.2, 0) is 9.53 Å². The molecule has 1 amide bonds. The van der Waals surface area contributed by atoms with Crippen molar-refractivity contribution < 1.29 is 19.4 Å². The number of hydrogen-bond acceptors (Lipinski definition) is 3. The first-order valence-corrected chi connectivity index (χ1v) is 6.51. The highest BCUT2D eigenvalue weighted by atomic mass is 79.9. The fourth-order valence-electron chi connectivity index (χ4n) is 1.24. The lowest BCUT2D eigenvalue weighted by Gasteiger charge is -2.19. The number of rotatable bonds is 1. The minimum Gasteiger partial charge on any atom is -0.472 e. The van der Waals surface area contributed by atoms with Crippen LogP contribution >= 0.6 is 15.9 Å². The number of anilines is 1. The topological polar surface area (TPSA) is 75.6 Å². The first kappa shape index (κ1) is 16.1. The van der Waals surface area contributed by atoms with Gasteiger partial charge in [-0.2, -0.15) is 0 Å². The highest BCUT2D eigenvalue weighted by Crippen LogP contribution is 2.21. The first-order valence-electron chi connectivity index (χ1n) is 5.72. The van der Waals surface area contributed by atoms with E-state index in [0.717, 1.165) is 0 Å². The Bertz CT molecular complexity index is 593. The zero-order valence-corrected chi connectivity index (χ0v) is 12.9. The molecule has 0 aromatic heterocycles. The molecule has 0 aliphatic carbocycles. The summed E-state index contributed by atoms with van der Waals surface area (Å²) in [6, 6.07) is 4.88. The van der Waals surface area contributed by atoms with Gasteiger partial charge in [-0.25, -0.2) is 9.59 Å². The fraction of sp³-hybridized carbons (Fsp3) is 0.286. The van der Waals surface area contributed by atoms with Gasteiger partial charge in [0.2, 0.25) is 0 Å². The van der Waals surface area contributed by atoms with E-state index in [-0.39, 0.29) is 0 Å². The molecule has 2 N–H and O–H groups in total. The van der Waals surface area contributed by atoms with Crippen molar-refractivity contribution in [1.29, 1.82) is 0 Å². The molecule has 0 saturated carbocycles. The van der Waals surface area contributed by atoms with E-state index in [1.54, 1.807) is 39.0 Å². The first-order chi connectivity index (χ1) is 9.17. The minimum atomic E-state index is -1.22. The predicted molar refractivity (Wildman–Crippen MR) is 78.5 cm³/mol. The Kier molecular flexibility index (Phi) is 5.17. The van der Waals surface area contributed by atoms with Gasteiger partial charge in [0.15, 0.2) is 0 Å². The van der Waals surface area contributed by atoms with E-state index < -0.39 is 17.7 Å². The third kappa shape index (κ3) is 5.76. The molecule has 0 saturated heterocycles. The second-order valence-corrected chi connectivity index (χ2v) is 5.73. The number of ether oxygens (including phenoxy) is 1. The van der Waals surface area contributed by atoms with Crippen molar-refractivity contribution in [1.82, 2.24) is 0 Å². The molecular weight excluding hydrogens is 326 g/mol. The van der Waals surface area contributed by atoms with E-state index in [2.05, 4.69) is 27.2 Å². The number of aliphatic carboxylic acids is 1. The van der Waals surface area contributed by atoms with E-state index in [1.165, 1.54) is 0 Å². The number of carboxylic acid groups (broad SMARTS) is 1. The summed E-state index contributed by atoms with van der Waals surface area (Å²) in [4.78, 5) is 22.0. The van der Waals surface area contributed by atoms with E-state index >= 15 is 0 Å². The molecule has 0 unspecified atom stereocenters. The number of carboxylic acids is 1. The van der Waals surface area contributed by atoms with Crippen molar-refractivity contribution in [3.63, 3.8) is 0 Å². The Morgan fingerprint density at radius 2 is 2.00 bits per heavy atom. The van der Waals surface area contributed by atoms with E-state index in [0.29, 0.717) is 15.7 Å². The molecule has 0 aliphatic heterocycles. The Morgan fingerprint density at radius 3 is 2.55 bits per heavy atom. The standard InChI is InChI=1S/C14H14BrNO4/c1-14(2,3)20-13(19)16-10-5-6-11(15)9(8-10)4-7-12(17)18/h5-6,8H,1-3H3,(H,16,19)(H,17,18). The van der Waals surface area contributed by atoms with Crippen molar-refractivity contribution in [2.45, 2.75) is 26.4 Å². The molecule has 0 fully saturated rings. The molecule has 0 atom stereocenters. The van der Waals surface area contributed by atoms with Crippen LogP contribution in [0, 0.1) is 11.8 Å². The zero-order chi connectivity index (χ0) is 15.3. The fourth-order valence-corrected chi connectivity index (χ4v) is 1.59. The molecule has 1 aromatic rings. The van der Waals surface area contributed by atoms with Crippen LogP contribution in [-0.4, -0.2) is 22.8 Å². The van der Waals surface area contributed by atoms with Crippen LogP contribution in [0.25, 0.3) is 0 Å². The second-order valence-electron chi connectivity index (χ2n) is 4.88. The van der Waals surface area contributed by atoms with Gasteiger partial charge in [-0.3, -0.25) is 5.32 Å². The largest absolute Gasteiger partial charge is 0.472 e. The summed E-state index contributed by atoms with van der Waals surface area (Å²) in [7, 11) is 0. The van der Waals surface area contributed by atoms with Gasteiger partial charge in [0.25, 0.3) is 0 Å². The maximum atomic E-state index is 11.6. The molecule has 6 heteroatoms. The van der Waals surface area contributed by atoms with Gasteiger partial charge < -0.3 is 9.84 Å². The van der Waals surface area contributed by atoms with Crippen LogP contribution in [0.15, 0.2) is 22.7 Å². The van der Waals surface area contributed by atoms with Crippen LogP contribution in [0.4, 0.5) is 10.5 Å². The molecular formula is C14H14BrNO4. The van der Waals surface area contributed by atoms with E-state index in [4.69, 9.17) is 9.84 Å². The predicted octanol–water partition coefficient (Wildman–Crippen LogP) is 3.23. The number of benzene rings is 1. The van der Waals surface area contributed by atoms with E-state index in [9.17, 15) is 9.59 Å². The molecule has 106 valence electrons. The molecule has 1 aromatic carbocycles. The third-order valence-electron chi connectivity index (χ3n) is 1.92. The van der Waals surface area contributed by atoms with Crippen molar-refractivity contribution >= 4 is 33.7 Å². The van der Waals surface area contributed by atoms with E-state index in [1.807, 2.05) is 5.92 Å². The normalized spacial score (nSPS) is 10.2. The highest BCUT2D eigenvalue weighted by Gasteiger charge is 2.16. The average Bonchev–Trinajstić information content (AvgIpc) is 2.27. The van der Waals surface area contributed by atoms with Crippen LogP contribution in [0.5, 0.6) is 0 Å². The summed E-state index contributed by atoms with van der Waals surface area (Å²) < 4.78 is 5.76. The van der Waals surface area contributed by atoms with Gasteiger partial charge in [0.05, 0.1) is 0 Å². The summed E-state index contributed by atoms with van der Waals surface area (Å²) >= 11 is 3.26. The summed E-state index contributed by atoms with van der Waals surface area (Å²) in [5.41, 5.74) is 0.337. The van der Waals surface area contributed by atoms with Gasteiger partial charge in [-0.05, 0) is 54.9 Å². The van der Waals surface area contributed by atoms with Gasteiger partial charge in [-0.1, -0.05) is 5.92 Å². The average molecular weight is 340 g/mol. The van der Waals surface area contributed by atoms with Crippen molar-refractivity contribution in [2.75, 3.05) is 5.32 Å². The SMILES string of the molecule is CC(C)(C)OC(=O)Nc1ccc(Br)c(C#CC(=O)O)c1. The number of nitrogens with one attached hydrogen (secondary N) is 1. The van der Waals surface area contributed by atoms with Crippen molar-refractivity contribution in [3.8, 4) is 11.8 Å². The van der Waals surface area contributed by atoms with Crippen LogP contribution in [0.3, 0.4) is 0 Å². The third-order valence-corrected chi connectivity index (χ3v) is 2.61. The molecule has 0 heterocycles. The number of halogens is 1. The molecule has 1 rings (SSSR count). The summed E-state index contributed by atoms with van der Waals surface area (Å²) in [5.74, 6) is 3.28.